The molecule has 1 aromatic rings. The van der Waals surface area contributed by atoms with E-state index in [4.69, 9.17) is 0 Å². The zero-order chi connectivity index (χ0) is 11.3. The largest absolute Gasteiger partial charge is 0.253 e. The normalized spacial score (nSPS) is 12.1. The number of aryl methyl sites for hydroxylation is 1. The number of aliphatic imine (C=N–C) groups is 1. The highest BCUT2D eigenvalue weighted by Crippen LogP contribution is 2.22. The van der Waals surface area contributed by atoms with Crippen LogP contribution in [-0.2, 0) is 0 Å². The molecule has 0 bridgehead atoms. The second-order valence-electron chi connectivity index (χ2n) is 3.28. The van der Waals surface area contributed by atoms with E-state index < -0.39 is 0 Å². The van der Waals surface area contributed by atoms with Gasteiger partial charge < -0.3 is 0 Å². The average Bonchev–Trinajstić information content (AvgIpc) is 2.19. The molecule has 0 aliphatic carbocycles. The second kappa shape index (κ2) is 5.66. The Hall–Kier alpha value is -1.15. The molecule has 0 radical (unpaired) electrons. The molecule has 0 saturated carbocycles. The van der Waals surface area contributed by atoms with Gasteiger partial charge in [0.15, 0.2) is 0 Å². The highest BCUT2D eigenvalue weighted by atomic mass is 79.9. The summed E-state index contributed by atoms with van der Waals surface area (Å²) >= 11 is 3.43. The van der Waals surface area contributed by atoms with Crippen LogP contribution in [0.25, 0.3) is 0 Å². The minimum absolute atomic E-state index is 0.973. The van der Waals surface area contributed by atoms with Crippen LogP contribution in [-0.4, -0.2) is 5.71 Å². The van der Waals surface area contributed by atoms with Gasteiger partial charge in [-0.3, -0.25) is 4.99 Å². The van der Waals surface area contributed by atoms with Crippen LogP contribution < -0.4 is 0 Å². The van der Waals surface area contributed by atoms with Crippen molar-refractivity contribution in [3.05, 3.63) is 53.0 Å². The maximum Gasteiger partial charge on any atom is 0.0662 e. The highest BCUT2D eigenvalue weighted by Gasteiger charge is 1.96. The first kappa shape index (κ1) is 11.9. The Morgan fingerprint density at radius 2 is 2.20 bits per heavy atom. The minimum Gasteiger partial charge on any atom is -0.253 e. The summed E-state index contributed by atoms with van der Waals surface area (Å²) in [6.07, 6.45) is 5.56. The molecule has 0 amide bonds. The Labute approximate surface area is 99.4 Å². The zero-order valence-electron chi connectivity index (χ0n) is 9.00. The molecule has 1 nitrogen and oxygen atoms in total. The van der Waals surface area contributed by atoms with Crippen molar-refractivity contribution in [2.45, 2.75) is 13.8 Å². The van der Waals surface area contributed by atoms with E-state index in [1.807, 2.05) is 38.1 Å². The van der Waals surface area contributed by atoms with Gasteiger partial charge in [0.2, 0.25) is 0 Å². The van der Waals surface area contributed by atoms with Crippen LogP contribution in [0.2, 0.25) is 0 Å². The van der Waals surface area contributed by atoms with Gasteiger partial charge in [-0.1, -0.05) is 34.7 Å². The number of allylic oxidation sites excluding steroid dienone is 3. The van der Waals surface area contributed by atoms with Crippen molar-refractivity contribution in [3.63, 3.8) is 0 Å². The summed E-state index contributed by atoms with van der Waals surface area (Å²) in [4.78, 5) is 4.50. The summed E-state index contributed by atoms with van der Waals surface area (Å²) in [5.41, 5.74) is 3.14. The van der Waals surface area contributed by atoms with Crippen molar-refractivity contribution in [2.75, 3.05) is 0 Å². The molecule has 0 atom stereocenters. The van der Waals surface area contributed by atoms with Crippen LogP contribution in [0.15, 0.2) is 52.5 Å². The molecule has 0 aromatic heterocycles. The van der Waals surface area contributed by atoms with Gasteiger partial charge in [-0.15, -0.1) is 0 Å². The maximum atomic E-state index is 4.50. The van der Waals surface area contributed by atoms with Crippen LogP contribution in [0.4, 0.5) is 5.69 Å². The number of hydrogen-bond donors (Lipinski definition) is 0. The van der Waals surface area contributed by atoms with Crippen LogP contribution in [0.5, 0.6) is 0 Å². The quantitative estimate of drug-likeness (QED) is 0.559. The summed E-state index contributed by atoms with van der Waals surface area (Å²) in [6, 6.07) is 6.06. The van der Waals surface area contributed by atoms with E-state index in [0.29, 0.717) is 0 Å². The molecular weight excluding hydrogens is 250 g/mol. The average molecular weight is 264 g/mol. The molecule has 0 heterocycles. The zero-order valence-corrected chi connectivity index (χ0v) is 10.6. The van der Waals surface area contributed by atoms with E-state index in [1.165, 1.54) is 0 Å². The van der Waals surface area contributed by atoms with Crippen LogP contribution in [0.3, 0.4) is 0 Å². The van der Waals surface area contributed by atoms with E-state index in [2.05, 4.69) is 33.6 Å². The van der Waals surface area contributed by atoms with E-state index in [-0.39, 0.29) is 0 Å². The predicted octanol–water partition coefficient (Wildman–Crippen LogP) is 4.59. The molecule has 1 rings (SSSR count). The molecule has 78 valence electrons. The van der Waals surface area contributed by atoms with Crippen molar-refractivity contribution >= 4 is 27.3 Å². The van der Waals surface area contributed by atoms with Crippen LogP contribution in [0.1, 0.15) is 12.5 Å². The molecular formula is C13H14BrN. The minimum atomic E-state index is 0.973. The molecule has 15 heavy (non-hydrogen) atoms. The third-order valence-electron chi connectivity index (χ3n) is 1.93. The lowest BCUT2D eigenvalue weighted by atomic mass is 10.2. The summed E-state index contributed by atoms with van der Waals surface area (Å²) < 4.78 is 1.08. The number of hydrogen-bond acceptors (Lipinski definition) is 1. The number of nitrogens with zero attached hydrogens (tertiary/aromatic N) is 1. The SMILES string of the molecule is C=C/C=C\C(C)=Nc1ccc(Br)cc1C. The Kier molecular flexibility index (Phi) is 4.50. The molecule has 0 fully saturated rings. The van der Waals surface area contributed by atoms with Crippen molar-refractivity contribution < 1.29 is 0 Å². The first-order chi connectivity index (χ1) is 7.13. The van der Waals surface area contributed by atoms with Gasteiger partial charge in [0.05, 0.1) is 5.69 Å². The lowest BCUT2D eigenvalue weighted by Crippen LogP contribution is -1.84. The van der Waals surface area contributed by atoms with E-state index in [0.717, 1.165) is 21.4 Å². The molecule has 0 unspecified atom stereocenters. The van der Waals surface area contributed by atoms with Crippen molar-refractivity contribution in [1.82, 2.24) is 0 Å². The first-order valence-electron chi connectivity index (χ1n) is 4.74. The Bertz CT molecular complexity index is 417. The lowest BCUT2D eigenvalue weighted by molar-refractivity contribution is 1.38. The van der Waals surface area contributed by atoms with Gasteiger partial charge >= 0.3 is 0 Å². The van der Waals surface area contributed by atoms with Crippen molar-refractivity contribution in [3.8, 4) is 0 Å². The van der Waals surface area contributed by atoms with Gasteiger partial charge in [-0.25, -0.2) is 0 Å². The van der Waals surface area contributed by atoms with Gasteiger partial charge in [0.25, 0.3) is 0 Å². The molecule has 1 aromatic carbocycles. The lowest BCUT2D eigenvalue weighted by Gasteiger charge is -2.01. The molecule has 0 aliphatic rings. The van der Waals surface area contributed by atoms with E-state index >= 15 is 0 Å². The monoisotopic (exact) mass is 263 g/mol. The smallest absolute Gasteiger partial charge is 0.0662 e. The Morgan fingerprint density at radius 3 is 2.80 bits per heavy atom. The Balaban J connectivity index is 2.97. The number of rotatable bonds is 3. The standard InChI is InChI=1S/C13H14BrN/c1-4-5-6-11(3)15-13-8-7-12(14)9-10(13)2/h4-9H,1H2,2-3H3/b6-5-,15-11?. The molecule has 0 aliphatic heterocycles. The van der Waals surface area contributed by atoms with Gasteiger partial charge in [-0.2, -0.15) is 0 Å². The summed E-state index contributed by atoms with van der Waals surface area (Å²) in [6.45, 7) is 7.64. The van der Waals surface area contributed by atoms with Crippen molar-refractivity contribution in [1.29, 1.82) is 0 Å². The van der Waals surface area contributed by atoms with Gasteiger partial charge in [0, 0.05) is 10.2 Å². The van der Waals surface area contributed by atoms with Crippen LogP contribution in [0, 0.1) is 6.92 Å². The second-order valence-corrected chi connectivity index (χ2v) is 4.19. The van der Waals surface area contributed by atoms with E-state index in [9.17, 15) is 0 Å². The van der Waals surface area contributed by atoms with Gasteiger partial charge in [-0.05, 0) is 43.7 Å². The molecule has 0 saturated heterocycles. The maximum absolute atomic E-state index is 4.50. The third-order valence-corrected chi connectivity index (χ3v) is 2.42. The first-order valence-corrected chi connectivity index (χ1v) is 5.53. The summed E-state index contributed by atoms with van der Waals surface area (Å²) in [5.74, 6) is 0. The fraction of sp³-hybridized carbons (Fsp3) is 0.154. The topological polar surface area (TPSA) is 12.4 Å². The highest BCUT2D eigenvalue weighted by molar-refractivity contribution is 9.10. The fourth-order valence-electron chi connectivity index (χ4n) is 1.18. The van der Waals surface area contributed by atoms with Gasteiger partial charge in [0.1, 0.15) is 0 Å². The number of halogens is 1. The number of benzene rings is 1. The molecule has 0 spiro atoms. The predicted molar refractivity (Wildman–Crippen MR) is 71.0 cm³/mol. The van der Waals surface area contributed by atoms with Crippen molar-refractivity contribution in [2.24, 2.45) is 4.99 Å². The fourth-order valence-corrected chi connectivity index (χ4v) is 1.65. The van der Waals surface area contributed by atoms with E-state index in [1.54, 1.807) is 6.08 Å². The molecule has 0 N–H and O–H groups in total. The molecule has 2 heteroatoms. The van der Waals surface area contributed by atoms with Crippen LogP contribution >= 0.6 is 15.9 Å². The Morgan fingerprint density at radius 1 is 1.47 bits per heavy atom. The summed E-state index contributed by atoms with van der Waals surface area (Å²) in [5, 5.41) is 0. The third kappa shape index (κ3) is 3.84. The summed E-state index contributed by atoms with van der Waals surface area (Å²) in [7, 11) is 0.